The summed E-state index contributed by atoms with van der Waals surface area (Å²) in [5, 5.41) is 5.20. The average molecular weight is 250 g/mol. The summed E-state index contributed by atoms with van der Waals surface area (Å²) in [6.07, 6.45) is 1.51. The molecular formula is C11H10N2OS2. The molecule has 0 fully saturated rings. The Kier molecular flexibility index (Phi) is 2.51. The van der Waals surface area contributed by atoms with Crippen molar-refractivity contribution in [1.29, 1.82) is 0 Å². The first kappa shape index (κ1) is 10.0. The fourth-order valence-corrected chi connectivity index (χ4v) is 3.76. The van der Waals surface area contributed by atoms with Gasteiger partial charge < -0.3 is 9.73 Å². The van der Waals surface area contributed by atoms with Crippen LogP contribution in [-0.4, -0.2) is 12.0 Å². The molecule has 16 heavy (non-hydrogen) atoms. The van der Waals surface area contributed by atoms with E-state index in [4.69, 9.17) is 4.42 Å². The maximum Gasteiger partial charge on any atom is 0.181 e. The van der Waals surface area contributed by atoms with Crippen LogP contribution in [-0.2, 0) is 6.54 Å². The molecule has 0 atom stereocenters. The molecule has 0 spiro atoms. The second kappa shape index (κ2) is 4.01. The maximum absolute atomic E-state index is 5.47. The van der Waals surface area contributed by atoms with Crippen LogP contribution in [0.15, 0.2) is 28.3 Å². The summed E-state index contributed by atoms with van der Waals surface area (Å²) < 4.78 is 8.09. The molecule has 0 amide bonds. The summed E-state index contributed by atoms with van der Waals surface area (Å²) in [6, 6.07) is 4.31. The van der Waals surface area contributed by atoms with E-state index < -0.39 is 0 Å². The molecule has 0 unspecified atom stereocenters. The van der Waals surface area contributed by atoms with Crippen LogP contribution in [0.2, 0.25) is 0 Å². The zero-order valence-electron chi connectivity index (χ0n) is 8.69. The van der Waals surface area contributed by atoms with Crippen molar-refractivity contribution in [3.05, 3.63) is 29.6 Å². The molecule has 3 aromatic rings. The van der Waals surface area contributed by atoms with Crippen molar-refractivity contribution in [2.75, 3.05) is 7.05 Å². The summed E-state index contributed by atoms with van der Waals surface area (Å²) in [6.45, 7) is 0.734. The van der Waals surface area contributed by atoms with Gasteiger partial charge in [0.2, 0.25) is 0 Å². The lowest BCUT2D eigenvalue weighted by Crippen LogP contribution is -2.05. The summed E-state index contributed by atoms with van der Waals surface area (Å²) in [4.78, 5) is 5.37. The van der Waals surface area contributed by atoms with Gasteiger partial charge in [-0.1, -0.05) is 0 Å². The molecule has 3 rings (SSSR count). The van der Waals surface area contributed by atoms with Gasteiger partial charge in [0.05, 0.1) is 4.88 Å². The van der Waals surface area contributed by atoms with Gasteiger partial charge in [-0.05, 0) is 24.6 Å². The lowest BCUT2D eigenvalue weighted by atomic mass is 10.3. The highest BCUT2D eigenvalue weighted by molar-refractivity contribution is 7.28. The van der Waals surface area contributed by atoms with Crippen LogP contribution in [0.3, 0.4) is 0 Å². The minimum Gasteiger partial charge on any atom is -0.442 e. The smallest absolute Gasteiger partial charge is 0.181 e. The standard InChI is InChI=1S/C11H10N2OS2/c1-12-5-7-11(14-6-13-7)10-4-9-8(16-10)2-3-15-9/h2-4,6,12H,5H2,1H3. The fourth-order valence-electron chi connectivity index (χ4n) is 1.64. The van der Waals surface area contributed by atoms with Gasteiger partial charge in [-0.2, -0.15) is 0 Å². The Morgan fingerprint density at radius 3 is 3.19 bits per heavy atom. The lowest BCUT2D eigenvalue weighted by Gasteiger charge is -1.96. The molecule has 0 aromatic carbocycles. The number of oxazole rings is 1. The molecule has 0 saturated heterocycles. The predicted octanol–water partition coefficient (Wildman–Crippen LogP) is 3.34. The number of hydrogen-bond acceptors (Lipinski definition) is 5. The molecule has 3 aromatic heterocycles. The van der Waals surface area contributed by atoms with Crippen molar-refractivity contribution in [2.24, 2.45) is 0 Å². The number of rotatable bonds is 3. The molecule has 0 aliphatic heterocycles. The first-order valence-corrected chi connectivity index (χ1v) is 6.62. The zero-order valence-corrected chi connectivity index (χ0v) is 10.3. The van der Waals surface area contributed by atoms with Crippen LogP contribution in [0.4, 0.5) is 0 Å². The lowest BCUT2D eigenvalue weighted by molar-refractivity contribution is 0.571. The highest BCUT2D eigenvalue weighted by Gasteiger charge is 2.13. The van der Waals surface area contributed by atoms with Crippen molar-refractivity contribution in [3.63, 3.8) is 0 Å². The Morgan fingerprint density at radius 2 is 2.38 bits per heavy atom. The Labute approximate surface area is 101 Å². The topological polar surface area (TPSA) is 38.1 Å². The van der Waals surface area contributed by atoms with Crippen LogP contribution in [0, 0.1) is 0 Å². The van der Waals surface area contributed by atoms with Gasteiger partial charge in [0.15, 0.2) is 12.2 Å². The summed E-state index contributed by atoms with van der Waals surface area (Å²) in [7, 11) is 1.91. The molecule has 5 heteroatoms. The van der Waals surface area contributed by atoms with Gasteiger partial charge in [-0.25, -0.2) is 4.98 Å². The van der Waals surface area contributed by atoms with Gasteiger partial charge in [0, 0.05) is 15.9 Å². The number of thiophene rings is 2. The van der Waals surface area contributed by atoms with Crippen LogP contribution in [0.25, 0.3) is 20.0 Å². The van der Waals surface area contributed by atoms with Crippen molar-refractivity contribution in [1.82, 2.24) is 10.3 Å². The number of nitrogens with zero attached hydrogens (tertiary/aromatic N) is 1. The van der Waals surface area contributed by atoms with Crippen molar-refractivity contribution in [3.8, 4) is 10.6 Å². The number of aromatic nitrogens is 1. The van der Waals surface area contributed by atoms with E-state index >= 15 is 0 Å². The molecular weight excluding hydrogens is 240 g/mol. The van der Waals surface area contributed by atoms with Crippen molar-refractivity contribution in [2.45, 2.75) is 6.54 Å². The first-order chi connectivity index (χ1) is 7.88. The van der Waals surface area contributed by atoms with Gasteiger partial charge in [-0.15, -0.1) is 22.7 Å². The van der Waals surface area contributed by atoms with Crippen LogP contribution in [0.1, 0.15) is 5.69 Å². The van der Waals surface area contributed by atoms with E-state index in [1.807, 2.05) is 7.05 Å². The second-order valence-electron chi connectivity index (χ2n) is 3.42. The quantitative estimate of drug-likeness (QED) is 0.774. The molecule has 3 heterocycles. The number of fused-ring (bicyclic) bond motifs is 1. The molecule has 82 valence electrons. The van der Waals surface area contributed by atoms with Gasteiger partial charge in [-0.3, -0.25) is 0 Å². The van der Waals surface area contributed by atoms with Crippen LogP contribution in [0.5, 0.6) is 0 Å². The zero-order chi connectivity index (χ0) is 11.0. The van der Waals surface area contributed by atoms with E-state index in [-0.39, 0.29) is 0 Å². The molecule has 0 radical (unpaired) electrons. The van der Waals surface area contributed by atoms with E-state index in [0.717, 1.165) is 22.9 Å². The van der Waals surface area contributed by atoms with Gasteiger partial charge in [0.25, 0.3) is 0 Å². The van der Waals surface area contributed by atoms with Gasteiger partial charge >= 0.3 is 0 Å². The Hall–Kier alpha value is -1.17. The molecule has 3 nitrogen and oxygen atoms in total. The Morgan fingerprint density at radius 1 is 1.44 bits per heavy atom. The number of nitrogens with one attached hydrogen (secondary N) is 1. The Balaban J connectivity index is 2.08. The van der Waals surface area contributed by atoms with Crippen LogP contribution < -0.4 is 5.32 Å². The maximum atomic E-state index is 5.47. The highest BCUT2D eigenvalue weighted by Crippen LogP contribution is 2.37. The SMILES string of the molecule is CNCc1ncoc1-c1cc2sccc2s1. The van der Waals surface area contributed by atoms with E-state index in [9.17, 15) is 0 Å². The summed E-state index contributed by atoms with van der Waals surface area (Å²) >= 11 is 3.51. The minimum atomic E-state index is 0.734. The summed E-state index contributed by atoms with van der Waals surface area (Å²) in [5.74, 6) is 0.891. The number of hydrogen-bond donors (Lipinski definition) is 1. The third kappa shape index (κ3) is 1.57. The van der Waals surface area contributed by atoms with E-state index in [1.165, 1.54) is 15.8 Å². The molecule has 1 N–H and O–H groups in total. The van der Waals surface area contributed by atoms with Crippen molar-refractivity contribution >= 4 is 32.1 Å². The van der Waals surface area contributed by atoms with E-state index in [2.05, 4.69) is 27.8 Å². The second-order valence-corrected chi connectivity index (χ2v) is 5.45. The van der Waals surface area contributed by atoms with Crippen molar-refractivity contribution < 1.29 is 4.42 Å². The molecule has 0 bridgehead atoms. The largest absolute Gasteiger partial charge is 0.442 e. The molecule has 0 aliphatic rings. The third-order valence-corrected chi connectivity index (χ3v) is 4.44. The normalized spacial score (nSPS) is 11.3. The third-order valence-electron chi connectivity index (χ3n) is 2.35. The van der Waals surface area contributed by atoms with Crippen LogP contribution >= 0.6 is 22.7 Å². The monoisotopic (exact) mass is 250 g/mol. The predicted molar refractivity (Wildman–Crippen MR) is 68.0 cm³/mol. The van der Waals surface area contributed by atoms with E-state index in [0.29, 0.717) is 0 Å². The molecule has 0 aliphatic carbocycles. The average Bonchev–Trinajstić information content (AvgIpc) is 2.88. The summed E-state index contributed by atoms with van der Waals surface area (Å²) in [5.41, 5.74) is 0.969. The Bertz CT molecular complexity index is 580. The fraction of sp³-hybridized carbons (Fsp3) is 0.182. The molecule has 0 saturated carbocycles. The first-order valence-electron chi connectivity index (χ1n) is 4.93. The van der Waals surface area contributed by atoms with E-state index in [1.54, 1.807) is 22.7 Å². The highest BCUT2D eigenvalue weighted by atomic mass is 32.1. The van der Waals surface area contributed by atoms with Gasteiger partial charge in [0.1, 0.15) is 5.69 Å². The minimum absolute atomic E-state index is 0.734.